The SMILES string of the molecule is CCS(=O)(=O)N1CCN(C(=O)CC2CCN(S(=O)(=O)c3c(C)noc3C)CC2)CC1. The average Bonchev–Trinajstić information content (AvgIpc) is 3.07. The van der Waals surface area contributed by atoms with Gasteiger partial charge >= 0.3 is 0 Å². The Morgan fingerprint density at radius 1 is 1.00 bits per heavy atom. The van der Waals surface area contributed by atoms with Crippen molar-refractivity contribution in [2.24, 2.45) is 5.92 Å². The Kier molecular flexibility index (Phi) is 6.90. The predicted octanol–water partition coefficient (Wildman–Crippen LogP) is 0.576. The molecule has 0 radical (unpaired) electrons. The molecule has 0 N–H and O–H groups in total. The Balaban J connectivity index is 1.51. The third-order valence-electron chi connectivity index (χ3n) is 5.95. The van der Waals surface area contributed by atoms with Gasteiger partial charge < -0.3 is 9.42 Å². The smallest absolute Gasteiger partial charge is 0.248 e. The van der Waals surface area contributed by atoms with Gasteiger partial charge in [-0.25, -0.2) is 16.8 Å². The first-order valence-electron chi connectivity index (χ1n) is 10.2. The van der Waals surface area contributed by atoms with E-state index in [1.54, 1.807) is 25.7 Å². The van der Waals surface area contributed by atoms with E-state index < -0.39 is 20.0 Å². The van der Waals surface area contributed by atoms with E-state index in [0.717, 1.165) is 0 Å². The molecule has 2 saturated heterocycles. The van der Waals surface area contributed by atoms with Gasteiger partial charge in [0.25, 0.3) is 0 Å². The summed E-state index contributed by atoms with van der Waals surface area (Å²) in [4.78, 5) is 14.5. The molecule has 1 aromatic heterocycles. The van der Waals surface area contributed by atoms with Crippen molar-refractivity contribution in [2.45, 2.75) is 44.9 Å². The van der Waals surface area contributed by atoms with Crippen LogP contribution in [0.4, 0.5) is 0 Å². The molecule has 2 fully saturated rings. The number of hydrogen-bond acceptors (Lipinski definition) is 7. The van der Waals surface area contributed by atoms with Gasteiger partial charge in [-0.3, -0.25) is 4.79 Å². The number of aromatic nitrogens is 1. The van der Waals surface area contributed by atoms with E-state index in [9.17, 15) is 21.6 Å². The van der Waals surface area contributed by atoms with E-state index in [1.807, 2.05) is 0 Å². The molecule has 1 aromatic rings. The minimum atomic E-state index is -3.66. The average molecular weight is 463 g/mol. The molecule has 10 nitrogen and oxygen atoms in total. The lowest BCUT2D eigenvalue weighted by Crippen LogP contribution is -2.51. The quantitative estimate of drug-likeness (QED) is 0.606. The largest absolute Gasteiger partial charge is 0.360 e. The minimum Gasteiger partial charge on any atom is -0.360 e. The van der Waals surface area contributed by atoms with Crippen molar-refractivity contribution in [1.29, 1.82) is 0 Å². The zero-order chi connectivity index (χ0) is 22.1. The molecule has 2 aliphatic rings. The second-order valence-electron chi connectivity index (χ2n) is 7.89. The van der Waals surface area contributed by atoms with Crippen LogP contribution < -0.4 is 0 Å². The van der Waals surface area contributed by atoms with Crippen LogP contribution >= 0.6 is 0 Å². The van der Waals surface area contributed by atoms with Gasteiger partial charge in [-0.1, -0.05) is 5.16 Å². The normalized spacial score (nSPS) is 20.6. The van der Waals surface area contributed by atoms with Gasteiger partial charge in [0.05, 0.1) is 5.75 Å². The van der Waals surface area contributed by atoms with Crippen LogP contribution in [0, 0.1) is 19.8 Å². The summed E-state index contributed by atoms with van der Waals surface area (Å²) in [5.41, 5.74) is 0.356. The fourth-order valence-electron chi connectivity index (χ4n) is 4.10. The van der Waals surface area contributed by atoms with Crippen molar-refractivity contribution in [1.82, 2.24) is 18.7 Å². The van der Waals surface area contributed by atoms with Gasteiger partial charge in [0.2, 0.25) is 26.0 Å². The highest BCUT2D eigenvalue weighted by Gasteiger charge is 2.35. The topological polar surface area (TPSA) is 121 Å². The van der Waals surface area contributed by atoms with Crippen molar-refractivity contribution in [3.05, 3.63) is 11.5 Å². The Labute approximate surface area is 178 Å². The van der Waals surface area contributed by atoms with Crippen LogP contribution in [0.5, 0.6) is 0 Å². The summed E-state index contributed by atoms with van der Waals surface area (Å²) in [7, 11) is -6.88. The molecule has 0 saturated carbocycles. The van der Waals surface area contributed by atoms with Gasteiger partial charge in [0.15, 0.2) is 5.76 Å². The first-order valence-corrected chi connectivity index (χ1v) is 13.3. The standard InChI is InChI=1S/C18H30N4O6S2/c1-4-29(24,25)21-11-9-20(10-12-21)17(23)13-16-5-7-22(8-6-16)30(26,27)18-14(2)19-28-15(18)3/h16H,4-13H2,1-3H3. The Hall–Kier alpha value is -1.50. The number of carbonyl (C=O) groups is 1. The zero-order valence-electron chi connectivity index (χ0n) is 17.7. The monoisotopic (exact) mass is 462 g/mol. The fraction of sp³-hybridized carbons (Fsp3) is 0.778. The van der Waals surface area contributed by atoms with E-state index in [1.165, 1.54) is 8.61 Å². The molecule has 0 spiro atoms. The Morgan fingerprint density at radius 2 is 1.60 bits per heavy atom. The molecule has 0 bridgehead atoms. The number of amides is 1. The number of sulfonamides is 2. The molecule has 170 valence electrons. The maximum atomic E-state index is 12.9. The summed E-state index contributed by atoms with van der Waals surface area (Å²) < 4.78 is 57.6. The van der Waals surface area contributed by atoms with Gasteiger partial charge in [-0.2, -0.15) is 8.61 Å². The third kappa shape index (κ3) is 4.71. The molecule has 0 unspecified atom stereocenters. The van der Waals surface area contributed by atoms with Gasteiger partial charge in [0, 0.05) is 45.7 Å². The predicted molar refractivity (Wildman–Crippen MR) is 110 cm³/mol. The molecule has 1 amide bonds. The Morgan fingerprint density at radius 3 is 2.10 bits per heavy atom. The van der Waals surface area contributed by atoms with Crippen LogP contribution in [0.25, 0.3) is 0 Å². The molecule has 0 aromatic carbocycles. The number of aryl methyl sites for hydroxylation is 2. The van der Waals surface area contributed by atoms with Gasteiger partial charge in [-0.05, 0) is 39.5 Å². The summed E-state index contributed by atoms with van der Waals surface area (Å²) in [6.45, 7) is 6.98. The van der Waals surface area contributed by atoms with E-state index in [2.05, 4.69) is 5.16 Å². The summed E-state index contributed by atoms with van der Waals surface area (Å²) in [6.07, 6.45) is 1.58. The molecule has 0 atom stereocenters. The van der Waals surface area contributed by atoms with Crippen LogP contribution in [0.15, 0.2) is 9.42 Å². The van der Waals surface area contributed by atoms with Crippen LogP contribution in [0.3, 0.4) is 0 Å². The van der Waals surface area contributed by atoms with Crippen LogP contribution in [0.1, 0.15) is 37.6 Å². The maximum absolute atomic E-state index is 12.9. The van der Waals surface area contributed by atoms with E-state index in [4.69, 9.17) is 4.52 Å². The van der Waals surface area contributed by atoms with E-state index in [0.29, 0.717) is 64.2 Å². The number of carbonyl (C=O) groups excluding carboxylic acids is 1. The zero-order valence-corrected chi connectivity index (χ0v) is 19.3. The minimum absolute atomic E-state index is 0.00979. The number of hydrogen-bond donors (Lipinski definition) is 0. The first kappa shape index (κ1) is 23.2. The first-order chi connectivity index (χ1) is 14.1. The van der Waals surface area contributed by atoms with Crippen molar-refractivity contribution in [2.75, 3.05) is 45.0 Å². The number of nitrogens with zero attached hydrogens (tertiary/aromatic N) is 4. The molecule has 0 aliphatic carbocycles. The second-order valence-corrected chi connectivity index (χ2v) is 12.0. The molecular weight excluding hydrogens is 432 g/mol. The highest BCUT2D eigenvalue weighted by atomic mass is 32.2. The summed E-state index contributed by atoms with van der Waals surface area (Å²) in [5, 5.41) is 3.74. The van der Waals surface area contributed by atoms with Crippen LogP contribution in [0.2, 0.25) is 0 Å². The number of rotatable bonds is 6. The van der Waals surface area contributed by atoms with E-state index in [-0.39, 0.29) is 28.2 Å². The number of piperazine rings is 1. The van der Waals surface area contributed by atoms with Gasteiger partial charge in [0.1, 0.15) is 10.6 Å². The van der Waals surface area contributed by atoms with Crippen molar-refractivity contribution in [3.63, 3.8) is 0 Å². The molecular formula is C18H30N4O6S2. The maximum Gasteiger partial charge on any atom is 0.248 e. The summed E-state index contributed by atoms with van der Waals surface area (Å²) in [6, 6.07) is 0. The molecule has 3 heterocycles. The fourth-order valence-corrected chi connectivity index (χ4v) is 6.95. The highest BCUT2D eigenvalue weighted by molar-refractivity contribution is 7.89. The highest BCUT2D eigenvalue weighted by Crippen LogP contribution is 2.29. The van der Waals surface area contributed by atoms with Crippen molar-refractivity contribution < 1.29 is 26.2 Å². The van der Waals surface area contributed by atoms with Crippen molar-refractivity contribution >= 4 is 26.0 Å². The third-order valence-corrected chi connectivity index (χ3v) is 9.98. The lowest BCUT2D eigenvalue weighted by Gasteiger charge is -2.35. The second kappa shape index (κ2) is 8.93. The Bertz CT molecular complexity index is 953. The molecule has 2 aliphatic heterocycles. The molecule has 30 heavy (non-hydrogen) atoms. The van der Waals surface area contributed by atoms with Crippen LogP contribution in [-0.2, 0) is 24.8 Å². The number of piperidine rings is 1. The van der Waals surface area contributed by atoms with Crippen molar-refractivity contribution in [3.8, 4) is 0 Å². The van der Waals surface area contributed by atoms with Crippen LogP contribution in [-0.4, -0.2) is 86.4 Å². The molecule has 12 heteroatoms. The van der Waals surface area contributed by atoms with E-state index >= 15 is 0 Å². The lowest BCUT2D eigenvalue weighted by atomic mass is 9.94. The lowest BCUT2D eigenvalue weighted by molar-refractivity contribution is -0.133. The summed E-state index contributed by atoms with van der Waals surface area (Å²) >= 11 is 0. The van der Waals surface area contributed by atoms with Gasteiger partial charge in [-0.15, -0.1) is 0 Å². The molecule has 3 rings (SSSR count). The summed E-state index contributed by atoms with van der Waals surface area (Å²) in [5.74, 6) is 0.478.